The molecule has 0 spiro atoms. The largest absolute Gasteiger partial charge is 0.311 e. The van der Waals surface area contributed by atoms with Gasteiger partial charge in [0, 0.05) is 34.1 Å². The fourth-order valence-electron chi connectivity index (χ4n) is 7.86. The lowest BCUT2D eigenvalue weighted by molar-refractivity contribution is 0.736. The maximum atomic E-state index is 4.76. The second-order valence-electron chi connectivity index (χ2n) is 14.7. The molecule has 0 atom stereocenters. The first-order chi connectivity index (χ1) is 29.2. The van der Waals surface area contributed by atoms with Crippen LogP contribution in [0.1, 0.15) is 17.8 Å². The fourth-order valence-corrected chi connectivity index (χ4v) is 7.86. The number of hydrogen-bond acceptors (Lipinski definition) is 4. The molecule has 0 saturated heterocycles. The summed E-state index contributed by atoms with van der Waals surface area (Å²) in [6.45, 7) is 0. The van der Waals surface area contributed by atoms with E-state index in [1.807, 2.05) is 0 Å². The van der Waals surface area contributed by atoms with Crippen molar-refractivity contribution in [3.63, 3.8) is 0 Å². The lowest BCUT2D eigenvalue weighted by Crippen LogP contribution is -2.10. The summed E-state index contributed by atoms with van der Waals surface area (Å²) in [4.78, 5) is 6.34. The van der Waals surface area contributed by atoms with Crippen LogP contribution >= 0.6 is 0 Å². The normalized spacial score (nSPS) is 11.9. The van der Waals surface area contributed by atoms with Gasteiger partial charge >= 0.3 is 0 Å². The van der Waals surface area contributed by atoms with Gasteiger partial charge in [-0.3, -0.25) is 0 Å². The highest BCUT2D eigenvalue weighted by atomic mass is 15.5. The van der Waals surface area contributed by atoms with Crippen molar-refractivity contribution in [1.82, 2.24) is 15.0 Å². The molecule has 0 N–H and O–H groups in total. The van der Waals surface area contributed by atoms with Gasteiger partial charge in [0.15, 0.2) is 0 Å². The highest BCUT2D eigenvalue weighted by Gasteiger charge is 2.17. The molecular formula is C54H41N5. The minimum absolute atomic E-state index is 0.930. The fraction of sp³-hybridized carbons (Fsp3) is 0.0370. The van der Waals surface area contributed by atoms with Crippen molar-refractivity contribution in [1.29, 1.82) is 0 Å². The molecule has 5 heteroatoms. The molecule has 0 aliphatic heterocycles. The van der Waals surface area contributed by atoms with E-state index in [-0.39, 0.29) is 0 Å². The van der Waals surface area contributed by atoms with Crippen molar-refractivity contribution >= 4 is 40.2 Å². The van der Waals surface area contributed by atoms with Gasteiger partial charge in [-0.2, -0.15) is 9.90 Å². The average molecular weight is 760 g/mol. The maximum absolute atomic E-state index is 4.76. The number of hydrogen-bond donors (Lipinski definition) is 0. The zero-order chi connectivity index (χ0) is 39.4. The van der Waals surface area contributed by atoms with Gasteiger partial charge < -0.3 is 9.80 Å². The molecule has 282 valence electrons. The van der Waals surface area contributed by atoms with Gasteiger partial charge in [0.25, 0.3) is 0 Å². The van der Waals surface area contributed by atoms with Crippen molar-refractivity contribution in [3.8, 4) is 39.1 Å². The van der Waals surface area contributed by atoms with Crippen LogP contribution in [0.4, 0.5) is 34.1 Å². The van der Waals surface area contributed by atoms with E-state index in [1.54, 1.807) is 4.80 Å². The number of benzene rings is 8. The third-order valence-corrected chi connectivity index (χ3v) is 10.9. The summed E-state index contributed by atoms with van der Waals surface area (Å²) in [7, 11) is 0. The first-order valence-corrected chi connectivity index (χ1v) is 20.1. The Balaban J connectivity index is 0.900. The quantitative estimate of drug-likeness (QED) is 0.139. The minimum Gasteiger partial charge on any atom is -0.311 e. The number of anilines is 6. The Labute approximate surface area is 345 Å². The number of para-hydroxylation sites is 2. The molecule has 0 fully saturated rings. The molecule has 1 aromatic heterocycles. The summed E-state index contributed by atoms with van der Waals surface area (Å²) >= 11 is 0. The molecule has 0 bridgehead atoms. The monoisotopic (exact) mass is 759 g/mol. The molecule has 59 heavy (non-hydrogen) atoms. The van der Waals surface area contributed by atoms with E-state index >= 15 is 0 Å². The topological polar surface area (TPSA) is 37.2 Å². The molecule has 0 amide bonds. The number of nitrogens with zero attached hydrogens (tertiary/aromatic N) is 5. The number of fused-ring (bicyclic) bond motifs is 1. The summed E-state index contributed by atoms with van der Waals surface area (Å²) in [5, 5.41) is 9.48. The molecule has 0 unspecified atom stereocenters. The van der Waals surface area contributed by atoms with Crippen LogP contribution in [0.5, 0.6) is 0 Å². The van der Waals surface area contributed by atoms with Crippen LogP contribution in [0.25, 0.3) is 45.1 Å². The molecular weight excluding hydrogens is 719 g/mol. The second kappa shape index (κ2) is 16.0. The van der Waals surface area contributed by atoms with Crippen LogP contribution < -0.4 is 9.80 Å². The third-order valence-electron chi connectivity index (χ3n) is 10.9. The van der Waals surface area contributed by atoms with Crippen molar-refractivity contribution < 1.29 is 0 Å². The van der Waals surface area contributed by atoms with Crippen molar-refractivity contribution in [2.75, 3.05) is 9.80 Å². The van der Waals surface area contributed by atoms with Crippen LogP contribution in [-0.2, 0) is 6.42 Å². The smallest absolute Gasteiger partial charge is 0.109 e. The predicted octanol–water partition coefficient (Wildman–Crippen LogP) is 14.2. The highest BCUT2D eigenvalue weighted by molar-refractivity contribution is 5.82. The zero-order valence-corrected chi connectivity index (χ0v) is 32.5. The van der Waals surface area contributed by atoms with E-state index in [4.69, 9.17) is 10.2 Å². The average Bonchev–Trinajstić information content (AvgIpc) is 3.76. The minimum atomic E-state index is 0.930. The third kappa shape index (κ3) is 7.45. The van der Waals surface area contributed by atoms with E-state index in [0.717, 1.165) is 75.2 Å². The van der Waals surface area contributed by atoms with E-state index in [2.05, 4.69) is 234 Å². The molecule has 0 saturated carbocycles. The molecule has 0 radical (unpaired) electrons. The summed E-state index contributed by atoms with van der Waals surface area (Å²) in [5.41, 5.74) is 16.6. The summed E-state index contributed by atoms with van der Waals surface area (Å²) in [6.07, 6.45) is 6.17. The first-order valence-electron chi connectivity index (χ1n) is 20.1. The van der Waals surface area contributed by atoms with Gasteiger partial charge in [0.1, 0.15) is 5.69 Å². The van der Waals surface area contributed by atoms with Gasteiger partial charge in [-0.25, -0.2) is 0 Å². The Kier molecular flexibility index (Phi) is 9.67. The van der Waals surface area contributed by atoms with Crippen molar-refractivity contribution in [2.45, 2.75) is 12.8 Å². The number of aromatic nitrogens is 3. The Morgan fingerprint density at radius 2 is 0.678 bits per heavy atom. The lowest BCUT2D eigenvalue weighted by atomic mass is 10.00. The van der Waals surface area contributed by atoms with Crippen LogP contribution in [0.3, 0.4) is 0 Å². The predicted molar refractivity (Wildman–Crippen MR) is 244 cm³/mol. The molecule has 9 aromatic rings. The van der Waals surface area contributed by atoms with Gasteiger partial charge in [-0.1, -0.05) is 133 Å². The first kappa shape index (κ1) is 35.6. The molecule has 5 nitrogen and oxygen atoms in total. The van der Waals surface area contributed by atoms with E-state index < -0.39 is 0 Å². The Hall–Kier alpha value is -7.76. The van der Waals surface area contributed by atoms with Gasteiger partial charge in [-0.15, -0.1) is 5.10 Å². The Bertz CT molecular complexity index is 2810. The molecule has 1 heterocycles. The number of rotatable bonds is 10. The maximum Gasteiger partial charge on any atom is 0.109 e. The van der Waals surface area contributed by atoms with Gasteiger partial charge in [0.05, 0.1) is 11.4 Å². The lowest BCUT2D eigenvalue weighted by Gasteiger charge is -2.26. The van der Waals surface area contributed by atoms with E-state index in [0.29, 0.717) is 0 Å². The number of aryl methyl sites for hydroxylation is 1. The number of allylic oxidation sites excluding steroid dienone is 1. The van der Waals surface area contributed by atoms with Crippen LogP contribution in [-0.4, -0.2) is 15.0 Å². The standard InChI is InChI=1S/C54H41N5/c1-4-12-40(13-5-1)41-20-22-42(23-21-41)43-24-30-48(31-25-43)57(46-14-6-2-7-15-46)49-32-26-44(27-33-49)45-28-34-50(35-29-45)58(47-16-8-3-9-17-47)51-36-38-52(39-37-51)59-55-53-18-10-11-19-54(53)56-59/h1-10,12-18,20-39H,11,19H2. The van der Waals surface area contributed by atoms with Crippen LogP contribution in [0.2, 0.25) is 0 Å². The summed E-state index contributed by atoms with van der Waals surface area (Å²) < 4.78 is 0. The molecule has 1 aliphatic carbocycles. The van der Waals surface area contributed by atoms with Gasteiger partial charge in [0.2, 0.25) is 0 Å². The summed E-state index contributed by atoms with van der Waals surface area (Å²) in [5.74, 6) is 0. The van der Waals surface area contributed by atoms with E-state index in [9.17, 15) is 0 Å². The zero-order valence-electron chi connectivity index (χ0n) is 32.5. The second-order valence-corrected chi connectivity index (χ2v) is 14.7. The van der Waals surface area contributed by atoms with Gasteiger partial charge in [-0.05, 0) is 137 Å². The van der Waals surface area contributed by atoms with E-state index in [1.165, 1.54) is 22.3 Å². The van der Waals surface area contributed by atoms with Crippen molar-refractivity contribution in [2.24, 2.45) is 0 Å². The van der Waals surface area contributed by atoms with Crippen LogP contribution in [0.15, 0.2) is 218 Å². The highest BCUT2D eigenvalue weighted by Crippen LogP contribution is 2.39. The molecule has 1 aliphatic rings. The molecule has 8 aromatic carbocycles. The van der Waals surface area contributed by atoms with Crippen LogP contribution in [0, 0.1) is 0 Å². The van der Waals surface area contributed by atoms with Crippen molar-refractivity contribution in [3.05, 3.63) is 230 Å². The summed E-state index contributed by atoms with van der Waals surface area (Å²) in [6, 6.07) is 75.4. The SMILES string of the molecule is C1=Cc2nn(-c3ccc(N(c4ccccc4)c4ccc(-c5ccc(N(c6ccccc6)c6ccc(-c7ccc(-c8ccccc8)cc7)cc6)cc5)cc4)cc3)nc2CC1. The Morgan fingerprint density at radius 3 is 1.08 bits per heavy atom. The molecule has 10 rings (SSSR count). The Morgan fingerprint density at radius 1 is 0.339 bits per heavy atom.